The van der Waals surface area contributed by atoms with Crippen molar-refractivity contribution in [3.05, 3.63) is 60.2 Å². The molecule has 0 aliphatic carbocycles. The molecule has 214 valence electrons. The summed E-state index contributed by atoms with van der Waals surface area (Å²) in [5.41, 5.74) is 2.08. The van der Waals surface area contributed by atoms with E-state index in [1.165, 1.54) is 14.2 Å². The van der Waals surface area contributed by atoms with Gasteiger partial charge in [0, 0.05) is 44.1 Å². The van der Waals surface area contributed by atoms with Gasteiger partial charge < -0.3 is 19.9 Å². The third-order valence-electron chi connectivity index (χ3n) is 6.67. The molecule has 1 aromatic carbocycles. The monoisotopic (exact) mass is 561 g/mol. The number of carbonyl (C=O) groups excluding carboxylic acids is 3. The number of hydrogen-bond acceptors (Lipinski definition) is 9. The number of aromatic nitrogens is 8. The van der Waals surface area contributed by atoms with Gasteiger partial charge in [0.15, 0.2) is 12.4 Å². The second-order valence-corrected chi connectivity index (χ2v) is 9.48. The first kappa shape index (κ1) is 27.5. The summed E-state index contributed by atoms with van der Waals surface area (Å²) in [5.74, 6) is -0.0448. The Labute approximate surface area is 235 Å². The molecule has 4 heterocycles. The summed E-state index contributed by atoms with van der Waals surface area (Å²) < 4.78 is 8.10. The van der Waals surface area contributed by atoms with E-state index >= 15 is 0 Å². The lowest BCUT2D eigenvalue weighted by atomic mass is 10.2. The predicted molar refractivity (Wildman–Crippen MR) is 146 cm³/mol. The molecule has 41 heavy (non-hydrogen) atoms. The van der Waals surface area contributed by atoms with Gasteiger partial charge in [-0.1, -0.05) is 30.3 Å². The molecule has 15 nitrogen and oxygen atoms in total. The maximum absolute atomic E-state index is 13.1. The molecule has 5 rings (SSSR count). The van der Waals surface area contributed by atoms with Crippen molar-refractivity contribution in [2.75, 3.05) is 38.1 Å². The van der Waals surface area contributed by atoms with Crippen LogP contribution in [0.2, 0.25) is 0 Å². The quantitative estimate of drug-likeness (QED) is 0.338. The molecule has 15 heteroatoms. The predicted octanol–water partition coefficient (Wildman–Crippen LogP) is 1.66. The molecule has 1 N–H and O–H groups in total. The van der Waals surface area contributed by atoms with Gasteiger partial charge in [-0.05, 0) is 32.1 Å². The van der Waals surface area contributed by atoms with E-state index < -0.39 is 11.9 Å². The van der Waals surface area contributed by atoms with Gasteiger partial charge in [0.05, 0.1) is 18.0 Å². The molecule has 1 saturated heterocycles. The molecule has 0 bridgehead atoms. The van der Waals surface area contributed by atoms with Crippen molar-refractivity contribution in [2.45, 2.75) is 33.5 Å². The van der Waals surface area contributed by atoms with Gasteiger partial charge in [0.1, 0.15) is 6.04 Å². The number of benzene rings is 1. The highest BCUT2D eigenvalue weighted by Gasteiger charge is 2.29. The molecule has 3 amide bonds. The lowest BCUT2D eigenvalue weighted by molar-refractivity contribution is -0.136. The van der Waals surface area contributed by atoms with Crippen LogP contribution >= 0.6 is 0 Å². The third-order valence-corrected chi connectivity index (χ3v) is 6.67. The number of aryl methyl sites for hydroxylation is 1. The fourth-order valence-corrected chi connectivity index (χ4v) is 4.39. The molecule has 1 aliphatic heterocycles. The Morgan fingerprint density at radius 3 is 2.46 bits per heavy atom. The van der Waals surface area contributed by atoms with Crippen LogP contribution in [0.4, 0.5) is 10.5 Å². The van der Waals surface area contributed by atoms with Gasteiger partial charge >= 0.3 is 6.09 Å². The van der Waals surface area contributed by atoms with E-state index in [9.17, 15) is 14.4 Å². The van der Waals surface area contributed by atoms with E-state index in [0.29, 0.717) is 50.0 Å². The van der Waals surface area contributed by atoms with Crippen LogP contribution in [0.25, 0.3) is 11.4 Å². The molecular formula is C26H31N11O4. The van der Waals surface area contributed by atoms with Crippen molar-refractivity contribution in [3.63, 3.8) is 0 Å². The Morgan fingerprint density at radius 1 is 1.00 bits per heavy atom. The Morgan fingerprint density at radius 2 is 1.73 bits per heavy atom. The SMILES string of the molecule is CCOC(=O)N1CCN(C(=O)C(C)n2cc(NC(=O)c3ccn(Cn4nnc(-c5ccccc5)n4)n3)c(C)n2)CC1. The second-order valence-electron chi connectivity index (χ2n) is 9.48. The van der Waals surface area contributed by atoms with E-state index in [0.717, 1.165) is 5.56 Å². The fourth-order valence-electron chi connectivity index (χ4n) is 4.39. The van der Waals surface area contributed by atoms with Crippen LogP contribution in [0, 0.1) is 6.92 Å². The standard InChI is InChI=1S/C26H31N11O4/c1-4-41-26(40)34-14-12-33(13-15-34)25(39)19(3)36-16-22(18(2)29-36)27-24(38)21-10-11-35(30-21)17-37-31-23(28-32-37)20-8-6-5-7-9-20/h5-11,16,19H,4,12-15,17H2,1-3H3,(H,27,38). The molecule has 4 aromatic rings. The van der Waals surface area contributed by atoms with Gasteiger partial charge in [0.2, 0.25) is 11.7 Å². The Kier molecular flexibility index (Phi) is 8.03. The van der Waals surface area contributed by atoms with Crippen molar-refractivity contribution in [3.8, 4) is 11.4 Å². The molecular weight excluding hydrogens is 530 g/mol. The lowest BCUT2D eigenvalue weighted by Crippen LogP contribution is -2.52. The average Bonchev–Trinajstić information content (AvgIpc) is 3.74. The summed E-state index contributed by atoms with van der Waals surface area (Å²) in [6.45, 7) is 7.38. The van der Waals surface area contributed by atoms with Crippen LogP contribution in [0.1, 0.15) is 36.1 Å². The van der Waals surface area contributed by atoms with Gasteiger partial charge in [-0.25, -0.2) is 9.48 Å². The average molecular weight is 562 g/mol. The van der Waals surface area contributed by atoms with Gasteiger partial charge in [-0.3, -0.25) is 14.3 Å². The number of carbonyl (C=O) groups is 3. The Balaban J connectivity index is 1.17. The van der Waals surface area contributed by atoms with Crippen LogP contribution in [0.5, 0.6) is 0 Å². The highest BCUT2D eigenvalue weighted by Crippen LogP contribution is 2.19. The van der Waals surface area contributed by atoms with E-state index in [-0.39, 0.29) is 24.4 Å². The van der Waals surface area contributed by atoms with Crippen LogP contribution in [-0.2, 0) is 16.2 Å². The minimum absolute atomic E-state index is 0.121. The van der Waals surface area contributed by atoms with E-state index in [1.54, 1.807) is 49.0 Å². The Bertz CT molecular complexity index is 1520. The van der Waals surface area contributed by atoms with Gasteiger partial charge in [-0.2, -0.15) is 10.2 Å². The number of nitrogens with one attached hydrogen (secondary N) is 1. The number of tetrazole rings is 1. The fraction of sp³-hybridized carbons (Fsp3) is 0.385. The third kappa shape index (κ3) is 6.23. The first-order valence-corrected chi connectivity index (χ1v) is 13.3. The second kappa shape index (κ2) is 12.0. The number of amides is 3. The van der Waals surface area contributed by atoms with Crippen LogP contribution < -0.4 is 5.32 Å². The smallest absolute Gasteiger partial charge is 0.409 e. The largest absolute Gasteiger partial charge is 0.450 e. The number of ether oxygens (including phenoxy) is 1. The van der Waals surface area contributed by atoms with Crippen LogP contribution in [0.3, 0.4) is 0 Å². The summed E-state index contributed by atoms with van der Waals surface area (Å²) in [6.07, 6.45) is 2.92. The summed E-state index contributed by atoms with van der Waals surface area (Å²) >= 11 is 0. The maximum atomic E-state index is 13.1. The lowest BCUT2D eigenvalue weighted by Gasteiger charge is -2.35. The molecule has 1 aliphatic rings. The first-order valence-electron chi connectivity index (χ1n) is 13.3. The molecule has 0 radical (unpaired) electrons. The first-order chi connectivity index (χ1) is 19.8. The van der Waals surface area contributed by atoms with Crippen molar-refractivity contribution in [1.29, 1.82) is 0 Å². The van der Waals surface area contributed by atoms with Crippen LogP contribution in [-0.4, -0.2) is 100 Å². The molecule has 1 fully saturated rings. The zero-order chi connectivity index (χ0) is 28.9. The summed E-state index contributed by atoms with van der Waals surface area (Å²) in [4.78, 5) is 42.7. The van der Waals surface area contributed by atoms with Crippen LogP contribution in [0.15, 0.2) is 48.8 Å². The normalized spacial score (nSPS) is 14.1. The minimum Gasteiger partial charge on any atom is -0.450 e. The van der Waals surface area contributed by atoms with Crippen molar-refractivity contribution < 1.29 is 19.1 Å². The zero-order valence-electron chi connectivity index (χ0n) is 23.0. The molecule has 3 aromatic heterocycles. The highest BCUT2D eigenvalue weighted by atomic mass is 16.6. The van der Waals surface area contributed by atoms with Crippen molar-refractivity contribution in [2.24, 2.45) is 0 Å². The van der Waals surface area contributed by atoms with Gasteiger partial charge in [0.25, 0.3) is 5.91 Å². The summed E-state index contributed by atoms with van der Waals surface area (Å²) in [7, 11) is 0. The topological polar surface area (TPSA) is 158 Å². The highest BCUT2D eigenvalue weighted by molar-refractivity contribution is 6.03. The summed E-state index contributed by atoms with van der Waals surface area (Å²) in [6, 6.07) is 10.5. The van der Waals surface area contributed by atoms with Gasteiger partial charge in [-0.15, -0.1) is 15.0 Å². The number of hydrogen-bond donors (Lipinski definition) is 1. The molecule has 1 unspecified atom stereocenters. The number of anilines is 1. The maximum Gasteiger partial charge on any atom is 0.409 e. The number of rotatable bonds is 8. The number of nitrogens with zero attached hydrogens (tertiary/aromatic N) is 10. The Hall–Kier alpha value is -5.08. The molecule has 0 spiro atoms. The molecule has 0 saturated carbocycles. The van der Waals surface area contributed by atoms with Crippen molar-refractivity contribution in [1.82, 2.24) is 49.6 Å². The van der Waals surface area contributed by atoms with E-state index in [2.05, 4.69) is 30.9 Å². The molecule has 1 atom stereocenters. The summed E-state index contributed by atoms with van der Waals surface area (Å²) in [5, 5.41) is 24.1. The van der Waals surface area contributed by atoms with E-state index in [4.69, 9.17) is 4.74 Å². The zero-order valence-corrected chi connectivity index (χ0v) is 23.0. The van der Waals surface area contributed by atoms with Crippen molar-refractivity contribution >= 4 is 23.6 Å². The minimum atomic E-state index is -0.594. The number of piperazine rings is 1. The van der Waals surface area contributed by atoms with E-state index in [1.807, 2.05) is 30.3 Å².